The van der Waals surface area contributed by atoms with Crippen LogP contribution in [0.25, 0.3) is 21.7 Å². The highest BCUT2D eigenvalue weighted by Gasteiger charge is 2.36. The third kappa shape index (κ3) is 7.72. The first-order valence-electron chi connectivity index (χ1n) is 13.7. The van der Waals surface area contributed by atoms with Crippen LogP contribution < -0.4 is 5.09 Å². The quantitative estimate of drug-likeness (QED) is 0.107. The minimum Gasteiger partial charge on any atom is -0.505 e. The molecule has 1 amide bonds. The molecule has 0 spiro atoms. The predicted molar refractivity (Wildman–Crippen MR) is 157 cm³/mol. The Kier molecular flexibility index (Phi) is 10.1. The first-order valence-corrected chi connectivity index (χ1v) is 15.5. The average Bonchev–Trinajstić information content (AvgIpc) is 3.31. The van der Waals surface area contributed by atoms with Crippen molar-refractivity contribution in [2.75, 3.05) is 33.0 Å². The monoisotopic (exact) mass is 654 g/mol. The predicted octanol–water partition coefficient (Wildman–Crippen LogP) is 5.17. The normalized spacial score (nSPS) is 13.9. The molecule has 2 atom stereocenters. The van der Waals surface area contributed by atoms with Crippen LogP contribution in [0.5, 0.6) is 11.6 Å². The summed E-state index contributed by atoms with van der Waals surface area (Å²) in [6, 6.07) is 7.28. The fourth-order valence-corrected chi connectivity index (χ4v) is 6.64. The smallest absolute Gasteiger partial charge is 0.412 e. The summed E-state index contributed by atoms with van der Waals surface area (Å²) in [4.78, 5) is 31.3. The van der Waals surface area contributed by atoms with Crippen LogP contribution in [-0.2, 0) is 25.2 Å². The standard InChI is InChI=1S/C29H31F4N4O7P/c1-4-43-28(41)17(2)35-45(42,44-16-29(31,32)33)13-12-36(3)26(39)22-20-6-5-11-34-24(20)25(38)23-21(22)15-37(27(23)40)14-18-7-9-19(30)10-8-18/h5-11,15,17,38,40H,4,12-14,16H2,1-3H3,(H,35,42)/t17-,45+/m0/s1. The van der Waals surface area contributed by atoms with Gasteiger partial charge in [0.05, 0.1) is 30.3 Å². The van der Waals surface area contributed by atoms with Gasteiger partial charge >= 0.3 is 12.1 Å². The molecule has 0 aliphatic rings. The number of esters is 1. The summed E-state index contributed by atoms with van der Waals surface area (Å²) in [6.45, 7) is 0.578. The zero-order valence-corrected chi connectivity index (χ0v) is 25.4. The van der Waals surface area contributed by atoms with Gasteiger partial charge in [0.2, 0.25) is 5.88 Å². The molecule has 0 aliphatic heterocycles. The number of aromatic nitrogens is 2. The first kappa shape index (κ1) is 33.7. The number of carbonyl (C=O) groups is 2. The highest BCUT2D eigenvalue weighted by atomic mass is 31.2. The summed E-state index contributed by atoms with van der Waals surface area (Å²) >= 11 is 0. The maximum atomic E-state index is 13.9. The van der Waals surface area contributed by atoms with Crippen LogP contribution in [0.15, 0.2) is 48.8 Å². The van der Waals surface area contributed by atoms with Gasteiger partial charge in [-0.15, -0.1) is 0 Å². The summed E-state index contributed by atoms with van der Waals surface area (Å²) in [7, 11) is -3.05. The molecule has 0 aliphatic carbocycles. The number of benzene rings is 2. The topological polar surface area (TPSA) is 143 Å². The largest absolute Gasteiger partial charge is 0.505 e. The number of hydrogen-bond donors (Lipinski definition) is 3. The Hall–Kier alpha value is -4.20. The van der Waals surface area contributed by atoms with Crippen LogP contribution in [0.4, 0.5) is 17.6 Å². The summed E-state index contributed by atoms with van der Waals surface area (Å²) in [5.74, 6) is -2.79. The number of fused-ring (bicyclic) bond motifs is 2. The van der Waals surface area contributed by atoms with E-state index in [0.717, 1.165) is 4.90 Å². The fraction of sp³-hybridized carbons (Fsp3) is 0.345. The lowest BCUT2D eigenvalue weighted by Gasteiger charge is -2.26. The molecular formula is C29H31F4N4O7P. The molecule has 0 radical (unpaired) electrons. The van der Waals surface area contributed by atoms with E-state index in [1.165, 1.54) is 74.3 Å². The van der Waals surface area contributed by atoms with Crippen LogP contribution in [0.1, 0.15) is 29.8 Å². The molecule has 0 unspecified atom stereocenters. The Labute approximate surface area is 254 Å². The molecule has 2 heterocycles. The van der Waals surface area contributed by atoms with Gasteiger partial charge in [0.1, 0.15) is 17.4 Å². The number of phenolic OH excluding ortho intramolecular Hbond substituents is 1. The zero-order chi connectivity index (χ0) is 33.1. The van der Waals surface area contributed by atoms with Crippen molar-refractivity contribution in [2.45, 2.75) is 32.6 Å². The molecule has 0 saturated heterocycles. The number of phenols is 1. The number of pyridine rings is 1. The minimum atomic E-state index is -4.82. The lowest BCUT2D eigenvalue weighted by atomic mass is 10.00. The van der Waals surface area contributed by atoms with Crippen LogP contribution in [0, 0.1) is 5.82 Å². The van der Waals surface area contributed by atoms with Crippen LogP contribution in [0.2, 0.25) is 0 Å². The van der Waals surface area contributed by atoms with E-state index < -0.39 is 61.8 Å². The van der Waals surface area contributed by atoms with Gasteiger partial charge < -0.3 is 28.9 Å². The SMILES string of the molecule is CCOC(=O)[C@H](C)N[P@@](=O)(CCN(C)C(=O)c1c2cccnc2c(O)c2c(O)n(Cc3ccc(F)cc3)cc12)OCC(F)(F)F. The molecule has 4 aromatic rings. The molecule has 2 aromatic carbocycles. The van der Waals surface area contributed by atoms with E-state index in [2.05, 4.69) is 10.1 Å². The molecule has 242 valence electrons. The van der Waals surface area contributed by atoms with Crippen molar-refractivity contribution >= 4 is 41.1 Å². The number of nitrogens with zero attached hydrogens (tertiary/aromatic N) is 3. The zero-order valence-electron chi connectivity index (χ0n) is 24.5. The molecule has 0 saturated carbocycles. The van der Waals surface area contributed by atoms with Crippen LogP contribution in [-0.4, -0.2) is 81.7 Å². The van der Waals surface area contributed by atoms with E-state index in [4.69, 9.17) is 9.26 Å². The second kappa shape index (κ2) is 13.4. The Bertz CT molecular complexity index is 1760. The van der Waals surface area contributed by atoms with Gasteiger partial charge in [-0.3, -0.25) is 19.1 Å². The molecule has 11 nitrogen and oxygen atoms in total. The van der Waals surface area contributed by atoms with Crippen molar-refractivity contribution in [3.8, 4) is 11.6 Å². The highest BCUT2D eigenvalue weighted by Crippen LogP contribution is 2.45. The minimum absolute atomic E-state index is 0.000416. The number of halogens is 4. The molecular weight excluding hydrogens is 623 g/mol. The summed E-state index contributed by atoms with van der Waals surface area (Å²) in [5, 5.41) is 24.7. The van der Waals surface area contributed by atoms with Crippen molar-refractivity contribution in [1.82, 2.24) is 19.5 Å². The Balaban J connectivity index is 1.69. The molecule has 16 heteroatoms. The lowest BCUT2D eigenvalue weighted by Crippen LogP contribution is -2.37. The van der Waals surface area contributed by atoms with Gasteiger partial charge in [-0.25, -0.2) is 9.48 Å². The summed E-state index contributed by atoms with van der Waals surface area (Å²) < 4.78 is 76.7. The van der Waals surface area contributed by atoms with Crippen molar-refractivity contribution < 1.29 is 51.2 Å². The van der Waals surface area contributed by atoms with Crippen LogP contribution >= 0.6 is 7.52 Å². The number of ether oxygens (including phenoxy) is 1. The van der Waals surface area contributed by atoms with Crippen molar-refractivity contribution in [1.29, 1.82) is 0 Å². The molecule has 0 bridgehead atoms. The number of aromatic hydroxyl groups is 2. The van der Waals surface area contributed by atoms with E-state index in [9.17, 15) is 41.9 Å². The number of amides is 1. The molecule has 3 N–H and O–H groups in total. The van der Waals surface area contributed by atoms with Gasteiger partial charge in [-0.2, -0.15) is 13.2 Å². The Morgan fingerprint density at radius 1 is 1.16 bits per heavy atom. The van der Waals surface area contributed by atoms with Gasteiger partial charge in [-0.1, -0.05) is 18.2 Å². The van der Waals surface area contributed by atoms with Gasteiger partial charge in [-0.05, 0) is 37.6 Å². The fourth-order valence-electron chi connectivity index (χ4n) is 4.70. The summed E-state index contributed by atoms with van der Waals surface area (Å²) in [5.41, 5.74) is 0.611. The van der Waals surface area contributed by atoms with E-state index in [1.54, 1.807) is 0 Å². The van der Waals surface area contributed by atoms with E-state index in [-0.39, 0.29) is 46.9 Å². The Morgan fingerprint density at radius 3 is 2.49 bits per heavy atom. The van der Waals surface area contributed by atoms with Crippen molar-refractivity contribution in [3.63, 3.8) is 0 Å². The van der Waals surface area contributed by atoms with Crippen molar-refractivity contribution in [2.24, 2.45) is 0 Å². The number of hydrogen-bond acceptors (Lipinski definition) is 8. The second-order valence-corrected chi connectivity index (χ2v) is 12.5. The third-order valence-electron chi connectivity index (χ3n) is 6.88. The number of alkyl halides is 3. The van der Waals surface area contributed by atoms with Crippen molar-refractivity contribution in [3.05, 3.63) is 65.7 Å². The van der Waals surface area contributed by atoms with Gasteiger partial charge in [0, 0.05) is 36.8 Å². The highest BCUT2D eigenvalue weighted by molar-refractivity contribution is 7.57. The molecule has 2 aromatic heterocycles. The maximum absolute atomic E-state index is 13.9. The average molecular weight is 655 g/mol. The second-order valence-electron chi connectivity index (χ2n) is 10.2. The van der Waals surface area contributed by atoms with Gasteiger partial charge in [0.15, 0.2) is 12.4 Å². The Morgan fingerprint density at radius 2 is 1.84 bits per heavy atom. The molecule has 45 heavy (non-hydrogen) atoms. The van der Waals surface area contributed by atoms with E-state index >= 15 is 0 Å². The lowest BCUT2D eigenvalue weighted by molar-refractivity contribution is -0.153. The van der Waals surface area contributed by atoms with Gasteiger partial charge in [0.25, 0.3) is 13.4 Å². The van der Waals surface area contributed by atoms with Crippen LogP contribution in [0.3, 0.4) is 0 Å². The van der Waals surface area contributed by atoms with E-state index in [1.807, 2.05) is 0 Å². The first-order chi connectivity index (χ1) is 21.1. The molecule has 4 rings (SSSR count). The number of nitrogens with one attached hydrogen (secondary N) is 1. The summed E-state index contributed by atoms with van der Waals surface area (Å²) in [6.07, 6.45) is -2.62. The molecule has 0 fully saturated rings. The third-order valence-corrected chi connectivity index (χ3v) is 9.00. The van der Waals surface area contributed by atoms with E-state index in [0.29, 0.717) is 5.56 Å². The number of carbonyl (C=O) groups excluding carboxylic acids is 2. The maximum Gasteiger partial charge on any atom is 0.412 e. The number of rotatable bonds is 12.